The average Bonchev–Trinajstić information content (AvgIpc) is 3.34. The molecule has 0 radical (unpaired) electrons. The van der Waals surface area contributed by atoms with Gasteiger partial charge in [0.2, 0.25) is 11.8 Å². The maximum Gasteiger partial charge on any atom is 0.229 e. The van der Waals surface area contributed by atoms with E-state index in [2.05, 4.69) is 10.3 Å². The van der Waals surface area contributed by atoms with Gasteiger partial charge in [-0.25, -0.2) is 4.98 Å². The molecule has 1 saturated heterocycles. The van der Waals surface area contributed by atoms with Crippen LogP contribution < -0.4 is 5.32 Å². The van der Waals surface area contributed by atoms with E-state index in [0.29, 0.717) is 12.5 Å². The average molecular weight is 327 g/mol. The van der Waals surface area contributed by atoms with Crippen LogP contribution in [0.25, 0.3) is 11.1 Å². The zero-order valence-electron chi connectivity index (χ0n) is 13.7. The number of benzene rings is 1. The largest absolute Gasteiger partial charge is 0.440 e. The summed E-state index contributed by atoms with van der Waals surface area (Å²) in [5.74, 6) is 1.11. The van der Waals surface area contributed by atoms with Crippen molar-refractivity contribution < 1.29 is 14.0 Å². The number of anilines is 1. The summed E-state index contributed by atoms with van der Waals surface area (Å²) in [7, 11) is 0. The van der Waals surface area contributed by atoms with Crippen LogP contribution in [0.3, 0.4) is 0 Å². The molecule has 1 aromatic carbocycles. The van der Waals surface area contributed by atoms with Crippen LogP contribution in [0.1, 0.15) is 44.4 Å². The molecule has 0 spiro atoms. The van der Waals surface area contributed by atoms with Crippen molar-refractivity contribution in [3.63, 3.8) is 0 Å². The maximum absolute atomic E-state index is 12.5. The molecule has 24 heavy (non-hydrogen) atoms. The first-order valence-electron chi connectivity index (χ1n) is 8.57. The van der Waals surface area contributed by atoms with Crippen LogP contribution in [-0.4, -0.2) is 34.8 Å². The summed E-state index contributed by atoms with van der Waals surface area (Å²) >= 11 is 0. The zero-order valence-corrected chi connectivity index (χ0v) is 13.7. The molecular formula is C18H21N3O3. The van der Waals surface area contributed by atoms with E-state index >= 15 is 0 Å². The minimum absolute atomic E-state index is 0.0316. The lowest BCUT2D eigenvalue weighted by atomic mass is 9.97. The molecule has 1 aliphatic heterocycles. The normalized spacial score (nSPS) is 21.0. The van der Waals surface area contributed by atoms with E-state index in [1.165, 1.54) is 0 Å². The number of hydrogen-bond donors (Lipinski definition) is 1. The maximum atomic E-state index is 12.5. The van der Waals surface area contributed by atoms with Crippen molar-refractivity contribution >= 4 is 28.6 Å². The van der Waals surface area contributed by atoms with Crippen molar-refractivity contribution in [3.05, 3.63) is 24.1 Å². The number of aromatic nitrogens is 1. The van der Waals surface area contributed by atoms with Gasteiger partial charge in [0, 0.05) is 31.6 Å². The molecule has 2 amide bonds. The van der Waals surface area contributed by atoms with Crippen molar-refractivity contribution in [1.82, 2.24) is 9.88 Å². The van der Waals surface area contributed by atoms with Gasteiger partial charge in [0.25, 0.3) is 0 Å². The Morgan fingerprint density at radius 1 is 1.29 bits per heavy atom. The smallest absolute Gasteiger partial charge is 0.229 e. The minimum atomic E-state index is -0.155. The van der Waals surface area contributed by atoms with Crippen molar-refractivity contribution in [3.8, 4) is 0 Å². The van der Waals surface area contributed by atoms with Crippen molar-refractivity contribution in [2.24, 2.45) is 5.92 Å². The molecule has 2 aliphatic rings. The Bertz CT molecular complexity index is 794. The van der Waals surface area contributed by atoms with Crippen LogP contribution in [0.15, 0.2) is 22.6 Å². The SMILES string of the molecule is CC(=O)N1CCCC(C(=O)Nc2ccc3oc(C4CC4)nc3c2)C1. The van der Waals surface area contributed by atoms with Gasteiger partial charge in [-0.2, -0.15) is 0 Å². The topological polar surface area (TPSA) is 75.4 Å². The van der Waals surface area contributed by atoms with Gasteiger partial charge < -0.3 is 14.6 Å². The lowest BCUT2D eigenvalue weighted by molar-refractivity contribution is -0.132. The summed E-state index contributed by atoms with van der Waals surface area (Å²) in [5, 5.41) is 2.96. The Morgan fingerprint density at radius 3 is 2.88 bits per heavy atom. The molecule has 6 nitrogen and oxygen atoms in total. The fourth-order valence-corrected chi connectivity index (χ4v) is 3.25. The number of hydrogen-bond acceptors (Lipinski definition) is 4. The van der Waals surface area contributed by atoms with Crippen molar-refractivity contribution in [2.45, 2.75) is 38.5 Å². The van der Waals surface area contributed by atoms with Gasteiger partial charge in [-0.15, -0.1) is 0 Å². The molecule has 1 N–H and O–H groups in total. The summed E-state index contributed by atoms with van der Waals surface area (Å²) in [4.78, 5) is 30.3. The molecule has 1 aromatic heterocycles. The minimum Gasteiger partial charge on any atom is -0.440 e. The summed E-state index contributed by atoms with van der Waals surface area (Å²) in [6, 6.07) is 5.55. The monoisotopic (exact) mass is 327 g/mol. The third-order valence-electron chi connectivity index (χ3n) is 4.84. The summed E-state index contributed by atoms with van der Waals surface area (Å²) in [6.07, 6.45) is 3.97. The molecule has 2 fully saturated rings. The van der Waals surface area contributed by atoms with Crippen LogP contribution in [-0.2, 0) is 9.59 Å². The Morgan fingerprint density at radius 2 is 2.12 bits per heavy atom. The van der Waals surface area contributed by atoms with Gasteiger partial charge in [-0.05, 0) is 43.9 Å². The third-order valence-corrected chi connectivity index (χ3v) is 4.84. The van der Waals surface area contributed by atoms with E-state index in [-0.39, 0.29) is 17.7 Å². The van der Waals surface area contributed by atoms with Crippen LogP contribution in [0.4, 0.5) is 5.69 Å². The Kier molecular flexibility index (Phi) is 3.75. The van der Waals surface area contributed by atoms with E-state index in [4.69, 9.17) is 4.42 Å². The number of carbonyl (C=O) groups is 2. The Hall–Kier alpha value is -2.37. The fourth-order valence-electron chi connectivity index (χ4n) is 3.25. The highest BCUT2D eigenvalue weighted by Gasteiger charge is 2.29. The Labute approximate surface area is 140 Å². The van der Waals surface area contributed by atoms with Crippen LogP contribution in [0.2, 0.25) is 0 Å². The molecule has 2 heterocycles. The zero-order chi connectivity index (χ0) is 16.7. The number of piperidine rings is 1. The Balaban J connectivity index is 1.46. The predicted octanol–water partition coefficient (Wildman–Crippen LogP) is 2.90. The van der Waals surface area contributed by atoms with Crippen LogP contribution in [0.5, 0.6) is 0 Å². The second kappa shape index (κ2) is 5.92. The molecule has 0 bridgehead atoms. The second-order valence-electron chi connectivity index (χ2n) is 6.80. The first kappa shape index (κ1) is 15.2. The summed E-state index contributed by atoms with van der Waals surface area (Å²) in [6.45, 7) is 2.80. The molecule has 126 valence electrons. The molecule has 1 saturated carbocycles. The van der Waals surface area contributed by atoms with E-state index < -0.39 is 0 Å². The van der Waals surface area contributed by atoms with Gasteiger partial charge in [-0.1, -0.05) is 0 Å². The van der Waals surface area contributed by atoms with E-state index in [1.54, 1.807) is 11.8 Å². The molecule has 2 aromatic rings. The number of nitrogens with one attached hydrogen (secondary N) is 1. The van der Waals surface area contributed by atoms with Gasteiger partial charge in [0.15, 0.2) is 11.5 Å². The predicted molar refractivity (Wildman–Crippen MR) is 89.6 cm³/mol. The van der Waals surface area contributed by atoms with Gasteiger partial charge in [0.05, 0.1) is 5.92 Å². The van der Waals surface area contributed by atoms with Crippen LogP contribution in [0, 0.1) is 5.92 Å². The number of amides is 2. The number of likely N-dealkylation sites (tertiary alicyclic amines) is 1. The van der Waals surface area contributed by atoms with Gasteiger partial charge in [0.1, 0.15) is 5.52 Å². The fraction of sp³-hybridized carbons (Fsp3) is 0.500. The number of rotatable bonds is 3. The summed E-state index contributed by atoms with van der Waals surface area (Å²) < 4.78 is 5.74. The number of oxazole rings is 1. The van der Waals surface area contributed by atoms with E-state index in [9.17, 15) is 9.59 Å². The molecule has 6 heteroatoms. The van der Waals surface area contributed by atoms with E-state index in [1.807, 2.05) is 18.2 Å². The van der Waals surface area contributed by atoms with Crippen molar-refractivity contribution in [1.29, 1.82) is 0 Å². The molecule has 1 atom stereocenters. The lowest BCUT2D eigenvalue weighted by Crippen LogP contribution is -2.42. The summed E-state index contributed by atoms with van der Waals surface area (Å²) in [5.41, 5.74) is 2.27. The van der Waals surface area contributed by atoms with Crippen molar-refractivity contribution in [2.75, 3.05) is 18.4 Å². The molecule has 1 aliphatic carbocycles. The highest BCUT2D eigenvalue weighted by atomic mass is 16.3. The standard InChI is InChI=1S/C18H21N3O3/c1-11(22)21-8-2-3-13(10-21)17(23)19-14-6-7-16-15(9-14)20-18(24-16)12-4-5-12/h6-7,9,12-13H,2-5,8,10H2,1H3,(H,19,23). The number of carbonyl (C=O) groups excluding carboxylic acids is 2. The second-order valence-corrected chi connectivity index (χ2v) is 6.80. The van der Waals surface area contributed by atoms with Crippen LogP contribution >= 0.6 is 0 Å². The first-order valence-corrected chi connectivity index (χ1v) is 8.57. The lowest BCUT2D eigenvalue weighted by Gasteiger charge is -2.31. The molecule has 1 unspecified atom stereocenters. The quantitative estimate of drug-likeness (QED) is 0.940. The van der Waals surface area contributed by atoms with E-state index in [0.717, 1.165) is 54.9 Å². The number of nitrogens with zero attached hydrogens (tertiary/aromatic N) is 2. The molecular weight excluding hydrogens is 306 g/mol. The van der Waals surface area contributed by atoms with Gasteiger partial charge >= 0.3 is 0 Å². The van der Waals surface area contributed by atoms with Gasteiger partial charge in [-0.3, -0.25) is 9.59 Å². The highest BCUT2D eigenvalue weighted by molar-refractivity contribution is 5.94. The number of fused-ring (bicyclic) bond motifs is 1. The first-order chi connectivity index (χ1) is 11.6. The third kappa shape index (κ3) is 3.00. The highest BCUT2D eigenvalue weighted by Crippen LogP contribution is 2.40. The molecule has 4 rings (SSSR count).